The van der Waals surface area contributed by atoms with Gasteiger partial charge in [0.25, 0.3) is 5.91 Å². The van der Waals surface area contributed by atoms with E-state index in [-0.39, 0.29) is 37.0 Å². The largest absolute Gasteiger partial charge is 0.390 e. The van der Waals surface area contributed by atoms with Crippen molar-refractivity contribution < 1.29 is 31.5 Å². The van der Waals surface area contributed by atoms with Gasteiger partial charge < -0.3 is 15.5 Å². The van der Waals surface area contributed by atoms with Crippen molar-refractivity contribution in [3.05, 3.63) is 58.1 Å². The van der Waals surface area contributed by atoms with Crippen LogP contribution in [-0.4, -0.2) is 55.1 Å². The lowest BCUT2D eigenvalue weighted by Gasteiger charge is -2.41. The predicted octanol–water partition coefficient (Wildman–Crippen LogP) is 5.36. The fourth-order valence-electron chi connectivity index (χ4n) is 4.10. The standard InChI is InChI=1S/C25H28ClF5N4O2/c1-3-21(36)32-13-16-4-6-18(23(28)22(16)27)24(37)33-19-7-5-17(26)12-20(19)35-11-10-34(15(2)14-35)9-8-25(29,30)31/h4-7,12,15H,3,8-11,13-14H2,1-2H3,(H,32,36)(H,33,37)/t15-/m1/s1. The average molecular weight is 547 g/mol. The molecule has 2 aromatic carbocycles. The highest BCUT2D eigenvalue weighted by atomic mass is 35.5. The molecule has 0 unspecified atom stereocenters. The lowest BCUT2D eigenvalue weighted by Crippen LogP contribution is -2.52. The van der Waals surface area contributed by atoms with Crippen LogP contribution in [0.1, 0.15) is 42.6 Å². The van der Waals surface area contributed by atoms with Crippen molar-refractivity contribution >= 4 is 34.8 Å². The fraction of sp³-hybridized carbons (Fsp3) is 0.440. The number of nitrogens with one attached hydrogen (secondary N) is 2. The van der Waals surface area contributed by atoms with Crippen LogP contribution in [-0.2, 0) is 11.3 Å². The van der Waals surface area contributed by atoms with E-state index in [0.29, 0.717) is 36.0 Å². The summed E-state index contributed by atoms with van der Waals surface area (Å²) < 4.78 is 67.2. The van der Waals surface area contributed by atoms with Gasteiger partial charge in [-0.25, -0.2) is 8.78 Å². The van der Waals surface area contributed by atoms with Gasteiger partial charge in [-0.1, -0.05) is 24.6 Å². The maximum atomic E-state index is 14.7. The maximum absolute atomic E-state index is 14.7. The van der Waals surface area contributed by atoms with Crippen LogP contribution in [0.4, 0.5) is 33.3 Å². The first-order chi connectivity index (χ1) is 17.4. The van der Waals surface area contributed by atoms with Crippen LogP contribution >= 0.6 is 11.6 Å². The minimum absolute atomic E-state index is 0.0968. The molecule has 0 aromatic heterocycles. The quantitative estimate of drug-likeness (QED) is 0.438. The first-order valence-corrected chi connectivity index (χ1v) is 12.2. The molecule has 1 heterocycles. The molecule has 3 rings (SSSR count). The van der Waals surface area contributed by atoms with Gasteiger partial charge in [-0.15, -0.1) is 0 Å². The van der Waals surface area contributed by atoms with Crippen LogP contribution in [0.15, 0.2) is 30.3 Å². The summed E-state index contributed by atoms with van der Waals surface area (Å²) in [6, 6.07) is 6.82. The number of alkyl halides is 3. The Hall–Kier alpha value is -2.92. The Kier molecular flexibility index (Phi) is 9.36. The second-order valence-corrected chi connectivity index (χ2v) is 9.28. The molecule has 0 bridgehead atoms. The summed E-state index contributed by atoms with van der Waals surface area (Å²) in [5.41, 5.74) is 0.196. The van der Waals surface area contributed by atoms with Gasteiger partial charge in [-0.05, 0) is 31.2 Å². The van der Waals surface area contributed by atoms with Gasteiger partial charge >= 0.3 is 6.18 Å². The molecule has 0 saturated carbocycles. The number of halogens is 6. The highest BCUT2D eigenvalue weighted by molar-refractivity contribution is 6.31. The highest BCUT2D eigenvalue weighted by Crippen LogP contribution is 2.32. The van der Waals surface area contributed by atoms with E-state index in [1.165, 1.54) is 18.2 Å². The molecule has 37 heavy (non-hydrogen) atoms. The summed E-state index contributed by atoms with van der Waals surface area (Å²) in [5.74, 6) is -3.79. The molecule has 1 fully saturated rings. The number of benzene rings is 2. The van der Waals surface area contributed by atoms with Crippen molar-refractivity contribution in [2.45, 2.75) is 45.5 Å². The molecule has 12 heteroatoms. The lowest BCUT2D eigenvalue weighted by molar-refractivity contribution is -0.139. The van der Waals surface area contributed by atoms with E-state index in [0.717, 1.165) is 6.07 Å². The number of anilines is 2. The van der Waals surface area contributed by atoms with E-state index in [1.54, 1.807) is 17.9 Å². The molecular weight excluding hydrogens is 519 g/mol. The van der Waals surface area contributed by atoms with E-state index < -0.39 is 35.7 Å². The van der Waals surface area contributed by atoms with Gasteiger partial charge in [0.05, 0.1) is 23.4 Å². The molecule has 1 aliphatic heterocycles. The molecule has 0 radical (unpaired) electrons. The summed E-state index contributed by atoms with van der Waals surface area (Å²) in [4.78, 5) is 27.9. The molecule has 6 nitrogen and oxygen atoms in total. The zero-order chi connectivity index (χ0) is 27.3. The zero-order valence-electron chi connectivity index (χ0n) is 20.4. The minimum atomic E-state index is -4.24. The maximum Gasteiger partial charge on any atom is 0.390 e. The number of hydrogen-bond acceptors (Lipinski definition) is 4. The Morgan fingerprint density at radius 2 is 1.84 bits per heavy atom. The Labute approximate surface area is 216 Å². The van der Waals surface area contributed by atoms with Crippen molar-refractivity contribution in [3.8, 4) is 0 Å². The van der Waals surface area contributed by atoms with E-state index >= 15 is 0 Å². The van der Waals surface area contributed by atoms with Gasteiger partial charge in [0.2, 0.25) is 5.91 Å². The van der Waals surface area contributed by atoms with Gasteiger partial charge in [0.1, 0.15) is 0 Å². The first kappa shape index (κ1) is 28.6. The van der Waals surface area contributed by atoms with E-state index in [1.807, 2.05) is 11.8 Å². The third-order valence-electron chi connectivity index (χ3n) is 6.20. The Bertz CT molecular complexity index is 1140. The number of carbonyl (C=O) groups is 2. The molecule has 0 spiro atoms. The number of nitrogens with zero attached hydrogens (tertiary/aromatic N) is 2. The molecule has 0 aliphatic carbocycles. The second kappa shape index (κ2) is 12.1. The van der Waals surface area contributed by atoms with Crippen molar-refractivity contribution in [2.75, 3.05) is 36.4 Å². The van der Waals surface area contributed by atoms with Gasteiger partial charge in [0, 0.05) is 55.8 Å². The summed E-state index contributed by atoms with van der Waals surface area (Å²) in [5, 5.41) is 5.42. The zero-order valence-corrected chi connectivity index (χ0v) is 21.1. The number of amides is 2. The van der Waals surface area contributed by atoms with E-state index in [2.05, 4.69) is 10.6 Å². The molecule has 1 aliphatic rings. The molecular formula is C25H28ClF5N4O2. The molecule has 1 atom stereocenters. The van der Waals surface area contributed by atoms with Crippen LogP contribution in [0, 0.1) is 11.6 Å². The Morgan fingerprint density at radius 3 is 2.49 bits per heavy atom. The average Bonchev–Trinajstić information content (AvgIpc) is 2.84. The third-order valence-corrected chi connectivity index (χ3v) is 6.44. The van der Waals surface area contributed by atoms with Crippen LogP contribution in [0.5, 0.6) is 0 Å². The molecule has 2 aromatic rings. The number of hydrogen-bond donors (Lipinski definition) is 2. The van der Waals surface area contributed by atoms with Crippen LogP contribution in [0.3, 0.4) is 0 Å². The molecule has 2 amide bonds. The van der Waals surface area contributed by atoms with Gasteiger partial charge in [-0.2, -0.15) is 13.2 Å². The summed E-state index contributed by atoms with van der Waals surface area (Å²) in [7, 11) is 0. The normalized spacial score (nSPS) is 16.5. The van der Waals surface area contributed by atoms with E-state index in [4.69, 9.17) is 11.6 Å². The van der Waals surface area contributed by atoms with Crippen molar-refractivity contribution in [1.29, 1.82) is 0 Å². The minimum Gasteiger partial charge on any atom is -0.367 e. The van der Waals surface area contributed by atoms with Crippen molar-refractivity contribution in [1.82, 2.24) is 10.2 Å². The SMILES string of the molecule is CCC(=O)NCc1ccc(C(=O)Nc2ccc(Cl)cc2N2CCN(CCC(F)(F)F)[C@H](C)C2)c(F)c1F. The number of carbonyl (C=O) groups excluding carboxylic acids is 2. The topological polar surface area (TPSA) is 64.7 Å². The van der Waals surface area contributed by atoms with Gasteiger partial charge in [-0.3, -0.25) is 14.5 Å². The molecule has 202 valence electrons. The molecule has 1 saturated heterocycles. The van der Waals surface area contributed by atoms with Gasteiger partial charge in [0.15, 0.2) is 11.6 Å². The van der Waals surface area contributed by atoms with Crippen LogP contribution in [0.25, 0.3) is 0 Å². The number of piperazine rings is 1. The summed E-state index contributed by atoms with van der Waals surface area (Å²) in [6.07, 6.45) is -4.95. The summed E-state index contributed by atoms with van der Waals surface area (Å²) in [6.45, 7) is 4.24. The Balaban J connectivity index is 1.75. The number of rotatable bonds is 8. The van der Waals surface area contributed by atoms with Crippen LogP contribution < -0.4 is 15.5 Å². The second-order valence-electron chi connectivity index (χ2n) is 8.84. The predicted molar refractivity (Wildman–Crippen MR) is 132 cm³/mol. The highest BCUT2D eigenvalue weighted by Gasteiger charge is 2.31. The lowest BCUT2D eigenvalue weighted by atomic mass is 10.1. The fourth-order valence-corrected chi connectivity index (χ4v) is 4.26. The smallest absolute Gasteiger partial charge is 0.367 e. The first-order valence-electron chi connectivity index (χ1n) is 11.8. The monoisotopic (exact) mass is 546 g/mol. The van der Waals surface area contributed by atoms with E-state index in [9.17, 15) is 31.5 Å². The van der Waals surface area contributed by atoms with Crippen molar-refractivity contribution in [3.63, 3.8) is 0 Å². The van der Waals surface area contributed by atoms with Crippen molar-refractivity contribution in [2.24, 2.45) is 0 Å². The summed E-state index contributed by atoms with van der Waals surface area (Å²) >= 11 is 6.17. The third kappa shape index (κ3) is 7.54. The van der Waals surface area contributed by atoms with Crippen LogP contribution in [0.2, 0.25) is 5.02 Å². The molecule has 2 N–H and O–H groups in total. The Morgan fingerprint density at radius 1 is 1.11 bits per heavy atom.